The van der Waals surface area contributed by atoms with Crippen molar-refractivity contribution in [2.75, 3.05) is 24.6 Å². The molecule has 2 saturated heterocycles. The first-order chi connectivity index (χ1) is 6.38. The normalized spacial score (nSPS) is 25.1. The van der Waals surface area contributed by atoms with Gasteiger partial charge < -0.3 is 9.64 Å². The van der Waals surface area contributed by atoms with Crippen LogP contribution in [0.2, 0.25) is 0 Å². The van der Waals surface area contributed by atoms with Crippen LogP contribution in [-0.4, -0.2) is 35.5 Å². The Morgan fingerprint density at radius 1 is 1.54 bits per heavy atom. The standard InChI is InChI=1S/C8H11N3OS/c1-2-8(12-3-1)4-11(5-8)7-10-9-6-13-7/h6H,1-5H2. The number of hydrogen-bond acceptors (Lipinski definition) is 5. The first-order valence-corrected chi connectivity index (χ1v) is 5.41. The van der Waals surface area contributed by atoms with Crippen molar-refractivity contribution in [2.24, 2.45) is 0 Å². The zero-order chi connectivity index (χ0) is 8.73. The van der Waals surface area contributed by atoms with Gasteiger partial charge in [-0.3, -0.25) is 0 Å². The Kier molecular flexibility index (Phi) is 1.57. The summed E-state index contributed by atoms with van der Waals surface area (Å²) in [5.41, 5.74) is 1.95. The smallest absolute Gasteiger partial charge is 0.208 e. The third-order valence-corrected chi connectivity index (χ3v) is 3.51. The second kappa shape index (κ2) is 2.65. The topological polar surface area (TPSA) is 38.2 Å². The third-order valence-electron chi connectivity index (χ3n) is 2.76. The summed E-state index contributed by atoms with van der Waals surface area (Å²) >= 11 is 1.60. The van der Waals surface area contributed by atoms with E-state index in [1.54, 1.807) is 16.8 Å². The highest BCUT2D eigenvalue weighted by Crippen LogP contribution is 2.37. The van der Waals surface area contributed by atoms with Gasteiger partial charge in [0.25, 0.3) is 0 Å². The molecule has 5 heteroatoms. The summed E-state index contributed by atoms with van der Waals surface area (Å²) in [7, 11) is 0. The van der Waals surface area contributed by atoms with E-state index in [1.165, 1.54) is 12.8 Å². The van der Waals surface area contributed by atoms with E-state index in [2.05, 4.69) is 15.1 Å². The fourth-order valence-electron chi connectivity index (χ4n) is 2.09. The molecule has 0 radical (unpaired) electrons. The third kappa shape index (κ3) is 1.14. The first-order valence-electron chi connectivity index (χ1n) is 4.53. The van der Waals surface area contributed by atoms with Crippen LogP contribution in [0.4, 0.5) is 5.13 Å². The molecule has 0 atom stereocenters. The SMILES string of the molecule is c1nnc(N2CC3(CCCO3)C2)s1. The van der Waals surface area contributed by atoms with Crippen molar-refractivity contribution in [3.05, 3.63) is 5.51 Å². The van der Waals surface area contributed by atoms with Gasteiger partial charge in [-0.1, -0.05) is 11.3 Å². The van der Waals surface area contributed by atoms with Crippen LogP contribution >= 0.6 is 11.3 Å². The molecule has 2 aliphatic heterocycles. The molecule has 0 saturated carbocycles. The fourth-order valence-corrected chi connectivity index (χ4v) is 2.66. The fraction of sp³-hybridized carbons (Fsp3) is 0.750. The Labute approximate surface area is 80.5 Å². The van der Waals surface area contributed by atoms with E-state index in [1.807, 2.05) is 0 Å². The minimum Gasteiger partial charge on any atom is -0.371 e. The predicted octanol–water partition coefficient (Wildman–Crippen LogP) is 0.907. The first kappa shape index (κ1) is 7.70. The van der Waals surface area contributed by atoms with Crippen molar-refractivity contribution in [1.82, 2.24) is 10.2 Å². The number of rotatable bonds is 1. The van der Waals surface area contributed by atoms with Gasteiger partial charge in [0.2, 0.25) is 5.13 Å². The van der Waals surface area contributed by atoms with E-state index < -0.39 is 0 Å². The molecule has 1 aromatic heterocycles. The van der Waals surface area contributed by atoms with Gasteiger partial charge in [-0.25, -0.2) is 0 Å². The van der Waals surface area contributed by atoms with Crippen LogP contribution in [0.3, 0.4) is 0 Å². The Morgan fingerprint density at radius 2 is 2.46 bits per heavy atom. The molecule has 0 unspecified atom stereocenters. The van der Waals surface area contributed by atoms with E-state index in [4.69, 9.17) is 4.74 Å². The summed E-state index contributed by atoms with van der Waals surface area (Å²) in [6.07, 6.45) is 2.42. The highest BCUT2D eigenvalue weighted by atomic mass is 32.1. The van der Waals surface area contributed by atoms with Gasteiger partial charge in [0.1, 0.15) is 11.1 Å². The molecule has 0 N–H and O–H groups in total. The van der Waals surface area contributed by atoms with Crippen LogP contribution in [0, 0.1) is 0 Å². The average Bonchev–Trinajstić information content (AvgIpc) is 2.72. The Morgan fingerprint density at radius 3 is 3.08 bits per heavy atom. The highest BCUT2D eigenvalue weighted by molar-refractivity contribution is 7.13. The van der Waals surface area contributed by atoms with Crippen LogP contribution in [-0.2, 0) is 4.74 Å². The molecule has 13 heavy (non-hydrogen) atoms. The van der Waals surface area contributed by atoms with E-state index >= 15 is 0 Å². The van der Waals surface area contributed by atoms with E-state index in [0.717, 1.165) is 24.8 Å². The summed E-state index contributed by atoms with van der Waals surface area (Å²) in [6, 6.07) is 0. The molecule has 2 fully saturated rings. The summed E-state index contributed by atoms with van der Waals surface area (Å²) in [5, 5.41) is 8.89. The maximum absolute atomic E-state index is 5.72. The molecule has 70 valence electrons. The van der Waals surface area contributed by atoms with Crippen molar-refractivity contribution in [1.29, 1.82) is 0 Å². The second-order valence-electron chi connectivity index (χ2n) is 3.71. The largest absolute Gasteiger partial charge is 0.371 e. The number of nitrogens with zero attached hydrogens (tertiary/aromatic N) is 3. The quantitative estimate of drug-likeness (QED) is 0.670. The van der Waals surface area contributed by atoms with E-state index in [-0.39, 0.29) is 5.60 Å². The van der Waals surface area contributed by atoms with Crippen LogP contribution < -0.4 is 4.90 Å². The van der Waals surface area contributed by atoms with Crippen molar-refractivity contribution in [3.63, 3.8) is 0 Å². The molecule has 0 amide bonds. The number of anilines is 1. The van der Waals surface area contributed by atoms with Crippen molar-refractivity contribution in [2.45, 2.75) is 18.4 Å². The molecule has 0 bridgehead atoms. The molecule has 1 aromatic rings. The molecule has 2 aliphatic rings. The minimum absolute atomic E-state index is 0.172. The lowest BCUT2D eigenvalue weighted by atomic mass is 9.92. The second-order valence-corrected chi connectivity index (χ2v) is 4.52. The highest BCUT2D eigenvalue weighted by Gasteiger charge is 2.47. The van der Waals surface area contributed by atoms with Gasteiger partial charge in [0.15, 0.2) is 0 Å². The predicted molar refractivity (Wildman–Crippen MR) is 50.0 cm³/mol. The van der Waals surface area contributed by atoms with Gasteiger partial charge in [-0.15, -0.1) is 10.2 Å². The van der Waals surface area contributed by atoms with Gasteiger partial charge in [-0.05, 0) is 12.8 Å². The average molecular weight is 197 g/mol. The monoisotopic (exact) mass is 197 g/mol. The Hall–Kier alpha value is -0.680. The maximum atomic E-state index is 5.72. The minimum atomic E-state index is 0.172. The number of hydrogen-bond donors (Lipinski definition) is 0. The van der Waals surface area contributed by atoms with Gasteiger partial charge in [-0.2, -0.15) is 0 Å². The summed E-state index contributed by atoms with van der Waals surface area (Å²) in [6.45, 7) is 2.94. The van der Waals surface area contributed by atoms with Crippen molar-refractivity contribution < 1.29 is 4.74 Å². The van der Waals surface area contributed by atoms with E-state index in [9.17, 15) is 0 Å². The number of ether oxygens (including phenoxy) is 1. The summed E-state index contributed by atoms with van der Waals surface area (Å²) < 4.78 is 5.72. The zero-order valence-corrected chi connectivity index (χ0v) is 8.09. The molecule has 0 aliphatic carbocycles. The van der Waals surface area contributed by atoms with Gasteiger partial charge in [0, 0.05) is 6.61 Å². The summed E-state index contributed by atoms with van der Waals surface area (Å²) in [4.78, 5) is 2.24. The molecule has 3 rings (SSSR count). The van der Waals surface area contributed by atoms with Crippen molar-refractivity contribution in [3.8, 4) is 0 Å². The Balaban J connectivity index is 1.68. The molecule has 4 nitrogen and oxygen atoms in total. The van der Waals surface area contributed by atoms with Crippen LogP contribution in [0.1, 0.15) is 12.8 Å². The lowest BCUT2D eigenvalue weighted by molar-refractivity contribution is -0.0181. The lowest BCUT2D eigenvalue weighted by Crippen LogP contribution is -2.61. The molecular weight excluding hydrogens is 186 g/mol. The Bertz CT molecular complexity index is 286. The van der Waals surface area contributed by atoms with Crippen LogP contribution in [0.25, 0.3) is 0 Å². The van der Waals surface area contributed by atoms with Gasteiger partial charge >= 0.3 is 0 Å². The number of aromatic nitrogens is 2. The van der Waals surface area contributed by atoms with Gasteiger partial charge in [0.05, 0.1) is 13.1 Å². The van der Waals surface area contributed by atoms with Crippen LogP contribution in [0.15, 0.2) is 5.51 Å². The summed E-state index contributed by atoms with van der Waals surface area (Å²) in [5.74, 6) is 0. The molecule has 0 aromatic carbocycles. The molecule has 1 spiro atoms. The zero-order valence-electron chi connectivity index (χ0n) is 7.27. The van der Waals surface area contributed by atoms with E-state index in [0.29, 0.717) is 0 Å². The maximum Gasteiger partial charge on any atom is 0.208 e. The van der Waals surface area contributed by atoms with Crippen LogP contribution in [0.5, 0.6) is 0 Å². The molecular formula is C8H11N3OS. The lowest BCUT2D eigenvalue weighted by Gasteiger charge is -2.46. The van der Waals surface area contributed by atoms with Crippen molar-refractivity contribution >= 4 is 16.5 Å². The molecule has 3 heterocycles.